The molecule has 0 fully saturated rings. The Morgan fingerprint density at radius 2 is 0.480 bits per heavy atom. The molecule has 0 aromatic rings. The average molecular weight is 1050 g/mol. The highest BCUT2D eigenvalue weighted by Crippen LogP contribution is 2.18. The predicted molar refractivity (Wildman–Crippen MR) is 325 cm³/mol. The van der Waals surface area contributed by atoms with Crippen LogP contribution in [0.25, 0.3) is 0 Å². The number of unbranched alkanes of at least 4 members (excludes halogenated alkanes) is 42. The van der Waals surface area contributed by atoms with Gasteiger partial charge in [0, 0.05) is 19.3 Å². The molecule has 0 rings (SSSR count). The van der Waals surface area contributed by atoms with Crippen molar-refractivity contribution in [3.8, 4) is 0 Å². The lowest BCUT2D eigenvalue weighted by molar-refractivity contribution is -0.167. The molecule has 6 heteroatoms. The molecule has 0 aromatic carbocycles. The summed E-state index contributed by atoms with van der Waals surface area (Å²) in [4.78, 5) is 38.3. The van der Waals surface area contributed by atoms with Crippen LogP contribution in [0.3, 0.4) is 0 Å². The minimum Gasteiger partial charge on any atom is -0.462 e. The summed E-state index contributed by atoms with van der Waals surface area (Å²) in [6, 6.07) is 0. The van der Waals surface area contributed by atoms with Gasteiger partial charge < -0.3 is 14.2 Å². The smallest absolute Gasteiger partial charge is 0.306 e. The van der Waals surface area contributed by atoms with Crippen LogP contribution in [-0.2, 0) is 28.6 Å². The Kier molecular flexibility index (Phi) is 61.7. The van der Waals surface area contributed by atoms with Crippen molar-refractivity contribution in [1.82, 2.24) is 0 Å². The van der Waals surface area contributed by atoms with Crippen LogP contribution < -0.4 is 0 Å². The molecule has 0 aliphatic rings. The molecule has 0 saturated heterocycles. The fourth-order valence-corrected chi connectivity index (χ4v) is 9.80. The largest absolute Gasteiger partial charge is 0.462 e. The van der Waals surface area contributed by atoms with E-state index < -0.39 is 6.10 Å². The van der Waals surface area contributed by atoms with Crippen molar-refractivity contribution < 1.29 is 28.6 Å². The first-order valence-corrected chi connectivity index (χ1v) is 33.1. The topological polar surface area (TPSA) is 78.9 Å². The molecule has 0 spiro atoms. The van der Waals surface area contributed by atoms with Gasteiger partial charge in [-0.3, -0.25) is 14.4 Å². The van der Waals surface area contributed by atoms with E-state index in [1.165, 1.54) is 225 Å². The van der Waals surface area contributed by atoms with Gasteiger partial charge in [-0.05, 0) is 83.5 Å². The first-order chi connectivity index (χ1) is 37.0. The summed E-state index contributed by atoms with van der Waals surface area (Å²) in [6.45, 7) is 6.64. The molecule has 0 aliphatic carbocycles. The highest BCUT2D eigenvalue weighted by Gasteiger charge is 2.19. The van der Waals surface area contributed by atoms with Crippen molar-refractivity contribution in [3.05, 3.63) is 48.6 Å². The second kappa shape index (κ2) is 63.9. The second-order valence-corrected chi connectivity index (χ2v) is 22.4. The Labute approximate surface area is 467 Å². The Morgan fingerprint density at radius 3 is 0.787 bits per heavy atom. The second-order valence-electron chi connectivity index (χ2n) is 22.4. The van der Waals surface area contributed by atoms with E-state index in [0.29, 0.717) is 19.3 Å². The average Bonchev–Trinajstić information content (AvgIpc) is 3.41. The summed E-state index contributed by atoms with van der Waals surface area (Å²) in [5, 5.41) is 0. The molecule has 0 bridgehead atoms. The molecule has 0 radical (unpaired) electrons. The third-order valence-corrected chi connectivity index (χ3v) is 14.8. The van der Waals surface area contributed by atoms with E-state index in [2.05, 4.69) is 69.4 Å². The van der Waals surface area contributed by atoms with E-state index in [-0.39, 0.29) is 31.1 Å². The van der Waals surface area contributed by atoms with E-state index in [4.69, 9.17) is 14.2 Å². The first kappa shape index (κ1) is 72.4. The summed E-state index contributed by atoms with van der Waals surface area (Å²) < 4.78 is 16.9. The van der Waals surface area contributed by atoms with Crippen molar-refractivity contribution in [3.63, 3.8) is 0 Å². The standard InChI is InChI=1S/C69H126O6/c1-4-7-10-13-16-19-22-25-28-30-32-33-34-35-36-38-39-41-44-47-50-53-56-59-62-68(71)74-65-66(64-73-67(70)61-58-55-52-49-46-43-27-24-21-18-15-12-9-6-3)75-69(72)63-60-57-54-51-48-45-42-40-37-31-29-26-23-20-17-14-11-8-5-2/h17,20,24,26-27,29,37,40,66H,4-16,18-19,21-23,25,28,30-36,38-39,41-65H2,1-3H3/b20-17-,27-24-,29-26-,40-37-. The van der Waals surface area contributed by atoms with Gasteiger partial charge in [-0.1, -0.05) is 301 Å². The normalized spacial score (nSPS) is 12.3. The van der Waals surface area contributed by atoms with Gasteiger partial charge in [0.1, 0.15) is 13.2 Å². The van der Waals surface area contributed by atoms with Gasteiger partial charge in [0.15, 0.2) is 6.10 Å². The van der Waals surface area contributed by atoms with Crippen LogP contribution in [0.4, 0.5) is 0 Å². The predicted octanol–water partition coefficient (Wildman–Crippen LogP) is 22.6. The van der Waals surface area contributed by atoms with E-state index in [0.717, 1.165) is 89.9 Å². The van der Waals surface area contributed by atoms with Crippen molar-refractivity contribution >= 4 is 17.9 Å². The van der Waals surface area contributed by atoms with Crippen LogP contribution in [0.15, 0.2) is 48.6 Å². The van der Waals surface area contributed by atoms with E-state index in [1.807, 2.05) is 0 Å². The maximum Gasteiger partial charge on any atom is 0.306 e. The first-order valence-electron chi connectivity index (χ1n) is 33.1. The Morgan fingerprint density at radius 1 is 0.267 bits per heavy atom. The highest BCUT2D eigenvalue weighted by molar-refractivity contribution is 5.71. The monoisotopic (exact) mass is 1050 g/mol. The summed E-state index contributed by atoms with van der Waals surface area (Å²) in [5.74, 6) is -0.878. The zero-order valence-corrected chi connectivity index (χ0v) is 50.3. The van der Waals surface area contributed by atoms with Crippen LogP contribution in [0.5, 0.6) is 0 Å². The Balaban J connectivity index is 4.30. The summed E-state index contributed by atoms with van der Waals surface area (Å²) >= 11 is 0. The number of allylic oxidation sites excluding steroid dienone is 8. The number of carbonyl (C=O) groups excluding carboxylic acids is 3. The van der Waals surface area contributed by atoms with Crippen LogP contribution in [0.2, 0.25) is 0 Å². The molecule has 75 heavy (non-hydrogen) atoms. The molecule has 0 aromatic heterocycles. The number of hydrogen-bond acceptors (Lipinski definition) is 6. The fourth-order valence-electron chi connectivity index (χ4n) is 9.80. The zero-order valence-electron chi connectivity index (χ0n) is 50.3. The molecule has 0 saturated carbocycles. The number of carbonyl (C=O) groups is 3. The van der Waals surface area contributed by atoms with Gasteiger partial charge >= 0.3 is 17.9 Å². The fraction of sp³-hybridized carbons (Fsp3) is 0.841. The lowest BCUT2D eigenvalue weighted by Gasteiger charge is -2.18. The molecule has 0 aliphatic heterocycles. The van der Waals surface area contributed by atoms with Crippen molar-refractivity contribution in [1.29, 1.82) is 0 Å². The third kappa shape index (κ3) is 62.1. The van der Waals surface area contributed by atoms with E-state index >= 15 is 0 Å². The molecule has 6 nitrogen and oxygen atoms in total. The maximum absolute atomic E-state index is 12.9. The lowest BCUT2D eigenvalue weighted by Crippen LogP contribution is -2.30. The molecule has 1 unspecified atom stereocenters. The van der Waals surface area contributed by atoms with E-state index in [9.17, 15) is 14.4 Å². The lowest BCUT2D eigenvalue weighted by atomic mass is 10.0. The zero-order chi connectivity index (χ0) is 54.3. The van der Waals surface area contributed by atoms with Gasteiger partial charge in [-0.15, -0.1) is 0 Å². The van der Waals surface area contributed by atoms with Gasteiger partial charge in [0.25, 0.3) is 0 Å². The Bertz CT molecular complexity index is 1300. The number of hydrogen-bond donors (Lipinski definition) is 0. The molecule has 0 N–H and O–H groups in total. The molecular weight excluding hydrogens is 925 g/mol. The molecule has 438 valence electrons. The minimum absolute atomic E-state index is 0.0776. The van der Waals surface area contributed by atoms with Crippen LogP contribution in [-0.4, -0.2) is 37.2 Å². The Hall–Kier alpha value is -2.63. The summed E-state index contributed by atoms with van der Waals surface area (Å²) in [5.41, 5.74) is 0. The summed E-state index contributed by atoms with van der Waals surface area (Å²) in [7, 11) is 0. The van der Waals surface area contributed by atoms with Crippen molar-refractivity contribution in [2.24, 2.45) is 0 Å². The van der Waals surface area contributed by atoms with Crippen LogP contribution >= 0.6 is 0 Å². The maximum atomic E-state index is 12.9. The number of ether oxygens (including phenoxy) is 3. The quantitative estimate of drug-likeness (QED) is 0.0261. The number of rotatable bonds is 61. The summed E-state index contributed by atoms with van der Waals surface area (Å²) in [6.07, 6.45) is 79.8. The van der Waals surface area contributed by atoms with Crippen LogP contribution in [0, 0.1) is 0 Å². The van der Waals surface area contributed by atoms with Gasteiger partial charge in [-0.2, -0.15) is 0 Å². The van der Waals surface area contributed by atoms with Gasteiger partial charge in [0.2, 0.25) is 0 Å². The van der Waals surface area contributed by atoms with Gasteiger partial charge in [0.05, 0.1) is 0 Å². The van der Waals surface area contributed by atoms with Crippen molar-refractivity contribution in [2.45, 2.75) is 361 Å². The van der Waals surface area contributed by atoms with Gasteiger partial charge in [-0.25, -0.2) is 0 Å². The minimum atomic E-state index is -0.783. The molecular formula is C69H126O6. The third-order valence-electron chi connectivity index (χ3n) is 14.8. The molecule has 1 atom stereocenters. The van der Waals surface area contributed by atoms with Crippen LogP contribution in [0.1, 0.15) is 355 Å². The van der Waals surface area contributed by atoms with Crippen molar-refractivity contribution in [2.75, 3.05) is 13.2 Å². The highest BCUT2D eigenvalue weighted by atomic mass is 16.6. The molecule has 0 heterocycles. The number of esters is 3. The van der Waals surface area contributed by atoms with E-state index in [1.54, 1.807) is 0 Å². The SMILES string of the molecule is CCCCC/C=C\C/C=C\C/C=C\CCCCCCCCC(=O)OC(COC(=O)CCCCCCC/C=C\CCCCCCC)COC(=O)CCCCCCCCCCCCCCCCCCCCCCCCCC. The molecule has 0 amide bonds.